The maximum atomic E-state index is 6.44. The van der Waals surface area contributed by atoms with Gasteiger partial charge < -0.3 is 28.7 Å². The molecule has 0 bridgehead atoms. The highest BCUT2D eigenvalue weighted by Crippen LogP contribution is 2.27. The number of hydrogen-bond donors (Lipinski definition) is 0. The number of rotatable bonds is 17. The summed E-state index contributed by atoms with van der Waals surface area (Å²) in [5.41, 5.74) is -0.334. The summed E-state index contributed by atoms with van der Waals surface area (Å²) in [6.07, 6.45) is 9.58. The van der Waals surface area contributed by atoms with Crippen LogP contribution >= 0.6 is 0 Å². The van der Waals surface area contributed by atoms with Gasteiger partial charge in [-0.1, -0.05) is 0 Å². The highest BCUT2D eigenvalue weighted by atomic mass is 16.5. The van der Waals surface area contributed by atoms with Crippen LogP contribution in [0.3, 0.4) is 0 Å². The van der Waals surface area contributed by atoms with Gasteiger partial charge in [0.2, 0.25) is 0 Å². The van der Waals surface area contributed by atoms with E-state index >= 15 is 0 Å². The van der Waals surface area contributed by atoms with Crippen molar-refractivity contribution in [2.75, 3.05) is 65.7 Å². The summed E-state index contributed by atoms with van der Waals surface area (Å²) in [4.78, 5) is 5.18. The topological polar surface area (TPSA) is 43.4 Å². The first kappa shape index (κ1) is 36.0. The van der Waals surface area contributed by atoms with E-state index < -0.39 is 0 Å². The maximum Gasteiger partial charge on any atom is 0.0628 e. The van der Waals surface area contributed by atoms with E-state index in [2.05, 4.69) is 79.0 Å². The third-order valence-electron chi connectivity index (χ3n) is 8.46. The van der Waals surface area contributed by atoms with Crippen molar-refractivity contribution in [2.24, 2.45) is 11.8 Å². The second kappa shape index (κ2) is 16.6. The van der Waals surface area contributed by atoms with Gasteiger partial charge in [-0.15, -0.1) is 0 Å². The van der Waals surface area contributed by atoms with Crippen LogP contribution in [0, 0.1) is 11.8 Å². The fourth-order valence-electron chi connectivity index (χ4n) is 5.89. The molecule has 0 aliphatic carbocycles. The van der Waals surface area contributed by atoms with Gasteiger partial charge in [0, 0.05) is 39.4 Å². The molecule has 0 aromatic heterocycles. The van der Waals surface area contributed by atoms with Crippen molar-refractivity contribution in [3.63, 3.8) is 0 Å². The number of ether oxygens (including phenoxy) is 4. The Morgan fingerprint density at radius 2 is 0.900 bits per heavy atom. The van der Waals surface area contributed by atoms with Crippen molar-refractivity contribution in [3.8, 4) is 0 Å². The van der Waals surface area contributed by atoms with Gasteiger partial charge in [-0.3, -0.25) is 0 Å². The molecular formula is C34H68N2O4. The van der Waals surface area contributed by atoms with E-state index in [1.165, 1.54) is 58.3 Å². The molecule has 238 valence electrons. The van der Waals surface area contributed by atoms with Gasteiger partial charge in [-0.2, -0.15) is 0 Å². The van der Waals surface area contributed by atoms with Crippen LogP contribution < -0.4 is 0 Å². The SMILES string of the molecule is CC(C)(C)OCC[C@H]1CCCN(CCOC(C)(C)CCC(C)(C)OCCC2CCCN(CCOC(C)(C)C)C2)C1. The molecule has 0 amide bonds. The molecule has 6 heteroatoms. The number of hydrogen-bond acceptors (Lipinski definition) is 6. The quantitative estimate of drug-likeness (QED) is 0.185. The Morgan fingerprint density at radius 1 is 0.525 bits per heavy atom. The standard InChI is InChI=1S/C34H68N2O4/c1-31(2,3)37-23-15-29-13-11-20-36(27-29)22-26-40-34(9,10)18-17-33(7,8)39-24-16-30-14-12-19-35(28-30)21-25-38-32(4,5)6/h29-30H,11-28H2,1-10H3/t29-,30?/m1/s1. The molecule has 2 saturated heterocycles. The van der Waals surface area contributed by atoms with Crippen LogP contribution in [-0.2, 0) is 18.9 Å². The Bertz CT molecular complexity index is 624. The molecule has 1 unspecified atom stereocenters. The third-order valence-corrected chi connectivity index (χ3v) is 8.46. The van der Waals surface area contributed by atoms with Crippen LogP contribution in [0.25, 0.3) is 0 Å². The van der Waals surface area contributed by atoms with Crippen molar-refractivity contribution < 1.29 is 18.9 Å². The fraction of sp³-hybridized carbons (Fsp3) is 1.00. The Kier molecular flexibility index (Phi) is 14.9. The molecule has 2 fully saturated rings. The van der Waals surface area contributed by atoms with E-state index in [0.29, 0.717) is 0 Å². The van der Waals surface area contributed by atoms with Gasteiger partial charge in [-0.25, -0.2) is 0 Å². The van der Waals surface area contributed by atoms with E-state index in [1.807, 2.05) is 0 Å². The van der Waals surface area contributed by atoms with E-state index in [9.17, 15) is 0 Å². The molecule has 0 N–H and O–H groups in total. The lowest BCUT2D eigenvalue weighted by atomic mass is 9.93. The van der Waals surface area contributed by atoms with Crippen LogP contribution in [0.5, 0.6) is 0 Å². The summed E-state index contributed by atoms with van der Waals surface area (Å²) in [6, 6.07) is 0. The molecule has 0 radical (unpaired) electrons. The smallest absolute Gasteiger partial charge is 0.0628 e. The largest absolute Gasteiger partial charge is 0.376 e. The highest BCUT2D eigenvalue weighted by molar-refractivity contribution is 4.79. The summed E-state index contributed by atoms with van der Waals surface area (Å²) in [5, 5.41) is 0. The zero-order chi connectivity index (χ0) is 29.9. The van der Waals surface area contributed by atoms with Crippen molar-refractivity contribution in [1.29, 1.82) is 0 Å². The van der Waals surface area contributed by atoms with E-state index in [1.54, 1.807) is 0 Å². The lowest BCUT2D eigenvalue weighted by Gasteiger charge is -2.36. The molecule has 0 aromatic rings. The minimum atomic E-state index is -0.130. The first-order valence-electron chi connectivity index (χ1n) is 16.5. The molecule has 0 aromatic carbocycles. The fourth-order valence-corrected chi connectivity index (χ4v) is 5.89. The minimum absolute atomic E-state index is 0.0352. The molecule has 2 aliphatic rings. The Hall–Kier alpha value is -0.240. The molecule has 2 aliphatic heterocycles. The van der Waals surface area contributed by atoms with Gasteiger partial charge in [0.15, 0.2) is 0 Å². The highest BCUT2D eigenvalue weighted by Gasteiger charge is 2.28. The number of nitrogens with zero attached hydrogens (tertiary/aromatic N) is 2. The van der Waals surface area contributed by atoms with Crippen molar-refractivity contribution >= 4 is 0 Å². The molecule has 2 rings (SSSR count). The van der Waals surface area contributed by atoms with Gasteiger partial charge in [0.25, 0.3) is 0 Å². The van der Waals surface area contributed by atoms with E-state index in [0.717, 1.165) is 70.6 Å². The molecule has 0 spiro atoms. The van der Waals surface area contributed by atoms with Gasteiger partial charge in [0.05, 0.1) is 35.6 Å². The molecule has 40 heavy (non-hydrogen) atoms. The van der Waals surface area contributed by atoms with Crippen LogP contribution in [0.4, 0.5) is 0 Å². The Labute approximate surface area is 249 Å². The van der Waals surface area contributed by atoms with Gasteiger partial charge in [-0.05, 0) is 146 Å². The predicted octanol–water partition coefficient (Wildman–Crippen LogP) is 7.19. The average Bonchev–Trinajstić information content (AvgIpc) is 2.82. The zero-order valence-electron chi connectivity index (χ0n) is 28.4. The first-order valence-corrected chi connectivity index (χ1v) is 16.5. The summed E-state index contributed by atoms with van der Waals surface area (Å²) in [6.45, 7) is 32.0. The van der Waals surface area contributed by atoms with Crippen LogP contribution in [0.1, 0.15) is 121 Å². The summed E-state index contributed by atoms with van der Waals surface area (Å²) in [5.74, 6) is 1.49. The summed E-state index contributed by atoms with van der Waals surface area (Å²) < 4.78 is 24.8. The van der Waals surface area contributed by atoms with Crippen LogP contribution in [0.2, 0.25) is 0 Å². The van der Waals surface area contributed by atoms with E-state index in [4.69, 9.17) is 18.9 Å². The van der Waals surface area contributed by atoms with Crippen molar-refractivity contribution in [2.45, 2.75) is 143 Å². The normalized spacial score (nSPS) is 22.6. The zero-order valence-corrected chi connectivity index (χ0v) is 28.4. The van der Waals surface area contributed by atoms with Crippen LogP contribution in [-0.4, -0.2) is 97.9 Å². The average molecular weight is 569 g/mol. The molecule has 2 atom stereocenters. The van der Waals surface area contributed by atoms with E-state index in [-0.39, 0.29) is 22.4 Å². The lowest BCUT2D eigenvalue weighted by molar-refractivity contribution is -0.0717. The third kappa shape index (κ3) is 17.0. The summed E-state index contributed by atoms with van der Waals surface area (Å²) >= 11 is 0. The second-order valence-electron chi connectivity index (χ2n) is 15.8. The van der Waals surface area contributed by atoms with Crippen LogP contribution in [0.15, 0.2) is 0 Å². The maximum absolute atomic E-state index is 6.44. The Balaban J connectivity index is 1.60. The monoisotopic (exact) mass is 569 g/mol. The first-order chi connectivity index (χ1) is 18.5. The predicted molar refractivity (Wildman–Crippen MR) is 168 cm³/mol. The van der Waals surface area contributed by atoms with Crippen molar-refractivity contribution in [1.82, 2.24) is 9.80 Å². The second-order valence-corrected chi connectivity index (χ2v) is 15.8. The Morgan fingerprint density at radius 3 is 1.35 bits per heavy atom. The van der Waals surface area contributed by atoms with Crippen molar-refractivity contribution in [3.05, 3.63) is 0 Å². The lowest BCUT2D eigenvalue weighted by Crippen LogP contribution is -2.40. The molecule has 0 saturated carbocycles. The molecular weight excluding hydrogens is 500 g/mol. The number of likely N-dealkylation sites (tertiary alicyclic amines) is 2. The summed E-state index contributed by atoms with van der Waals surface area (Å²) in [7, 11) is 0. The van der Waals surface area contributed by atoms with Gasteiger partial charge in [0.1, 0.15) is 0 Å². The number of piperidine rings is 2. The molecule has 6 nitrogen and oxygen atoms in total. The van der Waals surface area contributed by atoms with Gasteiger partial charge >= 0.3 is 0 Å². The molecule has 2 heterocycles. The minimum Gasteiger partial charge on any atom is -0.376 e.